The van der Waals surface area contributed by atoms with Crippen molar-refractivity contribution in [1.29, 1.82) is 0 Å². The van der Waals surface area contributed by atoms with Gasteiger partial charge in [-0.3, -0.25) is 9.59 Å². The summed E-state index contributed by atoms with van der Waals surface area (Å²) in [6.45, 7) is 12.0. The highest BCUT2D eigenvalue weighted by molar-refractivity contribution is 6.46. The Kier molecular flexibility index (Phi) is 8.07. The van der Waals surface area contributed by atoms with Crippen molar-refractivity contribution < 1.29 is 24.2 Å². The number of carbonyl (C=O) groups excluding carboxylic acids is 2. The lowest BCUT2D eigenvalue weighted by Crippen LogP contribution is -2.38. The highest BCUT2D eigenvalue weighted by Crippen LogP contribution is 2.41. The molecule has 1 fully saturated rings. The van der Waals surface area contributed by atoms with Crippen LogP contribution in [0.15, 0.2) is 48.0 Å². The SMILES string of the molecule is CCN(CC)CCN1C(=O)C(=O)/C(=C(\O)c2ccc3c(c2)N(C)CCO3)C1c1cccc(OC(C)C)c1. The molecule has 0 radical (unpaired) electrons. The molecule has 8 nitrogen and oxygen atoms in total. The third-order valence-electron chi connectivity index (χ3n) is 6.97. The van der Waals surface area contributed by atoms with Crippen LogP contribution in [0.3, 0.4) is 0 Å². The fraction of sp³-hybridized carbons (Fsp3) is 0.448. The van der Waals surface area contributed by atoms with Crippen LogP contribution >= 0.6 is 0 Å². The quantitative estimate of drug-likeness (QED) is 0.311. The zero-order chi connectivity index (χ0) is 26.7. The van der Waals surface area contributed by atoms with E-state index in [0.29, 0.717) is 31.0 Å². The van der Waals surface area contributed by atoms with E-state index >= 15 is 0 Å². The fourth-order valence-electron chi connectivity index (χ4n) is 4.93. The van der Waals surface area contributed by atoms with Gasteiger partial charge in [-0.05, 0) is 62.8 Å². The van der Waals surface area contributed by atoms with Gasteiger partial charge in [0.2, 0.25) is 0 Å². The summed E-state index contributed by atoms with van der Waals surface area (Å²) in [7, 11) is 1.96. The first kappa shape index (κ1) is 26.5. The van der Waals surface area contributed by atoms with Gasteiger partial charge >= 0.3 is 0 Å². The molecule has 8 heteroatoms. The third-order valence-corrected chi connectivity index (χ3v) is 6.97. The van der Waals surface area contributed by atoms with E-state index in [0.717, 1.165) is 36.6 Å². The standard InChI is InChI=1S/C29H37N3O5/c1-6-31(7-2)13-14-32-26(20-9-8-10-22(17-20)37-19(3)4)25(28(34)29(32)35)27(33)21-11-12-24-23(18-21)30(5)15-16-36-24/h8-12,17-19,26,33H,6-7,13-16H2,1-5H3/b27-25-. The number of fused-ring (bicyclic) bond motifs is 1. The van der Waals surface area contributed by atoms with E-state index in [1.165, 1.54) is 0 Å². The number of anilines is 1. The van der Waals surface area contributed by atoms with Crippen LogP contribution in [0.2, 0.25) is 0 Å². The van der Waals surface area contributed by atoms with Crippen molar-refractivity contribution in [1.82, 2.24) is 9.80 Å². The van der Waals surface area contributed by atoms with Crippen LogP contribution in [-0.4, -0.2) is 79.1 Å². The van der Waals surface area contributed by atoms with Crippen molar-refractivity contribution in [3.63, 3.8) is 0 Å². The highest BCUT2D eigenvalue weighted by Gasteiger charge is 2.46. The van der Waals surface area contributed by atoms with Crippen LogP contribution in [0.5, 0.6) is 11.5 Å². The van der Waals surface area contributed by atoms with Crippen LogP contribution in [0, 0.1) is 0 Å². The Bertz CT molecular complexity index is 1190. The molecule has 1 N–H and O–H groups in total. The number of rotatable bonds is 9. The first-order chi connectivity index (χ1) is 17.7. The molecule has 2 aliphatic rings. The van der Waals surface area contributed by atoms with E-state index in [1.54, 1.807) is 17.0 Å². The first-order valence-electron chi connectivity index (χ1n) is 13.0. The van der Waals surface area contributed by atoms with Crippen molar-refractivity contribution in [3.8, 4) is 11.5 Å². The Balaban J connectivity index is 1.81. The van der Waals surface area contributed by atoms with Crippen LogP contribution in [0.25, 0.3) is 5.76 Å². The number of ether oxygens (including phenoxy) is 2. The average molecular weight is 508 g/mol. The van der Waals surface area contributed by atoms with Crippen molar-refractivity contribution in [2.24, 2.45) is 0 Å². The summed E-state index contributed by atoms with van der Waals surface area (Å²) >= 11 is 0. The molecule has 2 aromatic rings. The Labute approximate surface area is 219 Å². The summed E-state index contributed by atoms with van der Waals surface area (Å²) in [6.07, 6.45) is -0.0287. The maximum absolute atomic E-state index is 13.4. The van der Waals surface area contributed by atoms with Gasteiger partial charge in [-0.25, -0.2) is 0 Å². The maximum atomic E-state index is 13.4. The summed E-state index contributed by atoms with van der Waals surface area (Å²) in [5.41, 5.74) is 2.11. The van der Waals surface area contributed by atoms with E-state index in [-0.39, 0.29) is 17.4 Å². The molecule has 2 aliphatic heterocycles. The van der Waals surface area contributed by atoms with Gasteiger partial charge in [-0.2, -0.15) is 0 Å². The zero-order valence-electron chi connectivity index (χ0n) is 22.4. The van der Waals surface area contributed by atoms with Crippen LogP contribution in [0.4, 0.5) is 5.69 Å². The van der Waals surface area contributed by atoms with Gasteiger partial charge in [0.25, 0.3) is 11.7 Å². The molecule has 37 heavy (non-hydrogen) atoms. The van der Waals surface area contributed by atoms with Gasteiger partial charge in [0.1, 0.15) is 23.9 Å². The minimum atomic E-state index is -0.726. The predicted molar refractivity (Wildman–Crippen MR) is 144 cm³/mol. The summed E-state index contributed by atoms with van der Waals surface area (Å²) in [4.78, 5) is 32.6. The van der Waals surface area contributed by atoms with Crippen LogP contribution < -0.4 is 14.4 Å². The number of hydrogen-bond donors (Lipinski definition) is 1. The van der Waals surface area contributed by atoms with Gasteiger partial charge < -0.3 is 29.3 Å². The van der Waals surface area contributed by atoms with Crippen molar-refractivity contribution >= 4 is 23.1 Å². The average Bonchev–Trinajstić information content (AvgIpc) is 3.14. The number of Topliss-reactive ketones (excluding diaryl/α,β-unsaturated/α-hetero) is 1. The number of amides is 1. The zero-order valence-corrected chi connectivity index (χ0v) is 22.4. The Morgan fingerprint density at radius 1 is 1.16 bits per heavy atom. The summed E-state index contributed by atoms with van der Waals surface area (Å²) in [6, 6.07) is 12.0. The van der Waals surface area contributed by atoms with Crippen molar-refractivity contribution in [3.05, 3.63) is 59.2 Å². The molecule has 2 aromatic carbocycles. The molecule has 1 atom stereocenters. The Morgan fingerprint density at radius 2 is 1.92 bits per heavy atom. The van der Waals surface area contributed by atoms with Crippen molar-refractivity contribution in [2.75, 3.05) is 51.3 Å². The molecular weight excluding hydrogens is 470 g/mol. The number of likely N-dealkylation sites (N-methyl/N-ethyl adjacent to an activating group) is 2. The van der Waals surface area contributed by atoms with Crippen molar-refractivity contribution in [2.45, 2.75) is 39.8 Å². The maximum Gasteiger partial charge on any atom is 0.295 e. The molecule has 198 valence electrons. The molecule has 1 unspecified atom stereocenters. The van der Waals surface area contributed by atoms with E-state index < -0.39 is 17.7 Å². The second-order valence-electron chi connectivity index (χ2n) is 9.71. The van der Waals surface area contributed by atoms with Gasteiger partial charge in [-0.1, -0.05) is 26.0 Å². The molecule has 0 spiro atoms. The molecule has 0 bridgehead atoms. The van der Waals surface area contributed by atoms with E-state index in [4.69, 9.17) is 9.47 Å². The van der Waals surface area contributed by atoms with Gasteiger partial charge in [-0.15, -0.1) is 0 Å². The summed E-state index contributed by atoms with van der Waals surface area (Å²) < 4.78 is 11.6. The summed E-state index contributed by atoms with van der Waals surface area (Å²) in [5.74, 6) is -0.105. The summed E-state index contributed by atoms with van der Waals surface area (Å²) in [5, 5.41) is 11.5. The molecule has 0 saturated carbocycles. The number of likely N-dealkylation sites (tertiary alicyclic amines) is 1. The van der Waals surface area contributed by atoms with Gasteiger partial charge in [0.15, 0.2) is 0 Å². The number of aliphatic hydroxyl groups excluding tert-OH is 1. The number of aliphatic hydroxyl groups is 1. The molecule has 0 aromatic heterocycles. The Morgan fingerprint density at radius 3 is 2.62 bits per heavy atom. The lowest BCUT2D eigenvalue weighted by molar-refractivity contribution is -0.140. The minimum absolute atomic E-state index is 0.0287. The number of nitrogens with zero attached hydrogens (tertiary/aromatic N) is 3. The number of carbonyl (C=O) groups is 2. The van der Waals surface area contributed by atoms with E-state index in [9.17, 15) is 14.7 Å². The minimum Gasteiger partial charge on any atom is -0.507 e. The molecule has 1 amide bonds. The number of ketones is 1. The molecule has 2 heterocycles. The molecule has 0 aliphatic carbocycles. The van der Waals surface area contributed by atoms with Crippen LogP contribution in [-0.2, 0) is 9.59 Å². The largest absolute Gasteiger partial charge is 0.507 e. The third kappa shape index (κ3) is 5.44. The highest BCUT2D eigenvalue weighted by atomic mass is 16.5. The second-order valence-corrected chi connectivity index (χ2v) is 9.71. The normalized spacial score (nSPS) is 18.9. The second kappa shape index (κ2) is 11.3. The van der Waals surface area contributed by atoms with E-state index in [2.05, 4.69) is 18.7 Å². The van der Waals surface area contributed by atoms with Crippen LogP contribution in [0.1, 0.15) is 44.9 Å². The molecule has 1 saturated heterocycles. The molecular formula is C29H37N3O5. The molecule has 4 rings (SSSR count). The Hall–Kier alpha value is -3.52. The fourth-order valence-corrected chi connectivity index (χ4v) is 4.93. The number of benzene rings is 2. The van der Waals surface area contributed by atoms with E-state index in [1.807, 2.05) is 56.1 Å². The topological polar surface area (TPSA) is 82.6 Å². The van der Waals surface area contributed by atoms with Gasteiger partial charge in [0, 0.05) is 25.7 Å². The predicted octanol–water partition coefficient (Wildman–Crippen LogP) is 4.07. The lowest BCUT2D eigenvalue weighted by atomic mass is 9.94. The first-order valence-corrected chi connectivity index (χ1v) is 13.0. The van der Waals surface area contributed by atoms with Gasteiger partial charge in [0.05, 0.1) is 30.0 Å². The monoisotopic (exact) mass is 507 g/mol. The smallest absolute Gasteiger partial charge is 0.295 e. The number of hydrogen-bond acceptors (Lipinski definition) is 7. The lowest BCUT2D eigenvalue weighted by Gasteiger charge is -2.29.